The van der Waals surface area contributed by atoms with Crippen molar-refractivity contribution in [2.24, 2.45) is 5.41 Å². The van der Waals surface area contributed by atoms with E-state index in [1.54, 1.807) is 11.0 Å². The predicted molar refractivity (Wildman–Crippen MR) is 76.5 cm³/mol. The van der Waals surface area contributed by atoms with Crippen LogP contribution in [0, 0.1) is 11.2 Å². The Morgan fingerprint density at radius 2 is 2.05 bits per heavy atom. The summed E-state index contributed by atoms with van der Waals surface area (Å²) in [7, 11) is 0. The van der Waals surface area contributed by atoms with Gasteiger partial charge < -0.3 is 10.2 Å². The van der Waals surface area contributed by atoms with E-state index in [0.29, 0.717) is 6.54 Å². The van der Waals surface area contributed by atoms with E-state index in [1.807, 2.05) is 0 Å². The second kappa shape index (κ2) is 5.34. The van der Waals surface area contributed by atoms with Gasteiger partial charge in [0.15, 0.2) is 0 Å². The third-order valence-electron chi connectivity index (χ3n) is 4.57. The molecule has 0 atom stereocenters. The summed E-state index contributed by atoms with van der Waals surface area (Å²) in [6, 6.07) is 4.37. The number of carbonyl (C=O) groups is 1. The molecule has 0 unspecified atom stereocenters. The molecule has 0 saturated carbocycles. The van der Waals surface area contributed by atoms with Crippen molar-refractivity contribution in [1.82, 2.24) is 10.2 Å². The highest BCUT2D eigenvalue weighted by Gasteiger charge is 2.41. The number of hydrogen-bond donors (Lipinski definition) is 1. The van der Waals surface area contributed by atoms with Gasteiger partial charge in [-0.3, -0.25) is 4.79 Å². The summed E-state index contributed by atoms with van der Waals surface area (Å²) < 4.78 is 13.8. The third kappa shape index (κ3) is 2.42. The average Bonchev–Trinajstić information content (AvgIpc) is 2.83. The normalized spacial score (nSPS) is 21.4. The van der Waals surface area contributed by atoms with Gasteiger partial charge in [0, 0.05) is 13.1 Å². The second-order valence-electron chi connectivity index (χ2n) is 5.82. The molecule has 2 saturated heterocycles. The van der Waals surface area contributed by atoms with Crippen molar-refractivity contribution >= 4 is 17.5 Å². The van der Waals surface area contributed by atoms with Crippen molar-refractivity contribution in [3.05, 3.63) is 34.6 Å². The Labute approximate surface area is 123 Å². The van der Waals surface area contributed by atoms with E-state index < -0.39 is 5.82 Å². The third-order valence-corrected chi connectivity index (χ3v) is 4.88. The first-order chi connectivity index (χ1) is 9.61. The van der Waals surface area contributed by atoms with Gasteiger partial charge in [0.1, 0.15) is 5.82 Å². The number of nitrogens with zero attached hydrogens (tertiary/aromatic N) is 1. The number of benzene rings is 1. The molecule has 3 nitrogen and oxygen atoms in total. The molecule has 2 aliphatic rings. The molecule has 1 aromatic rings. The Bertz CT molecular complexity index is 508. The minimum Gasteiger partial charge on any atom is -0.338 e. The van der Waals surface area contributed by atoms with Gasteiger partial charge in [-0.15, -0.1) is 0 Å². The van der Waals surface area contributed by atoms with Crippen LogP contribution < -0.4 is 5.32 Å². The lowest BCUT2D eigenvalue weighted by molar-refractivity contribution is 0.0757. The van der Waals surface area contributed by atoms with E-state index in [4.69, 9.17) is 11.6 Å². The number of hydrogen-bond acceptors (Lipinski definition) is 2. The van der Waals surface area contributed by atoms with Crippen LogP contribution in [0.25, 0.3) is 0 Å². The molecule has 0 bridgehead atoms. The molecule has 2 fully saturated rings. The molecule has 1 spiro atoms. The molecule has 5 heteroatoms. The summed E-state index contributed by atoms with van der Waals surface area (Å²) >= 11 is 5.98. The topological polar surface area (TPSA) is 32.3 Å². The average molecular weight is 297 g/mol. The molecule has 1 amide bonds. The molecule has 1 N–H and O–H groups in total. The molecular weight excluding hydrogens is 279 g/mol. The fourth-order valence-corrected chi connectivity index (χ4v) is 3.58. The molecule has 3 rings (SSSR count). The highest BCUT2D eigenvalue weighted by atomic mass is 35.5. The lowest BCUT2D eigenvalue weighted by atomic mass is 9.78. The van der Waals surface area contributed by atoms with Crippen LogP contribution in [0.2, 0.25) is 5.02 Å². The van der Waals surface area contributed by atoms with Crippen LogP contribution in [0.5, 0.6) is 0 Å². The minimum absolute atomic E-state index is 0.0140. The molecule has 0 aliphatic carbocycles. The Morgan fingerprint density at radius 1 is 1.30 bits per heavy atom. The van der Waals surface area contributed by atoms with Crippen molar-refractivity contribution in [3.63, 3.8) is 0 Å². The summed E-state index contributed by atoms with van der Waals surface area (Å²) in [5, 5.41) is 3.54. The van der Waals surface area contributed by atoms with E-state index in [-0.39, 0.29) is 21.9 Å². The van der Waals surface area contributed by atoms with Gasteiger partial charge in [-0.1, -0.05) is 17.7 Å². The van der Waals surface area contributed by atoms with Crippen molar-refractivity contribution in [2.45, 2.75) is 19.3 Å². The number of likely N-dealkylation sites (tertiary alicyclic amines) is 1. The van der Waals surface area contributed by atoms with Crippen LogP contribution in [0.4, 0.5) is 4.39 Å². The smallest absolute Gasteiger partial charge is 0.258 e. The van der Waals surface area contributed by atoms with Gasteiger partial charge in [-0.05, 0) is 49.9 Å². The summed E-state index contributed by atoms with van der Waals surface area (Å²) in [4.78, 5) is 14.3. The number of piperidine rings is 1. The molecule has 108 valence electrons. The van der Waals surface area contributed by atoms with Crippen LogP contribution >= 0.6 is 11.6 Å². The fraction of sp³-hybridized carbons (Fsp3) is 0.533. The summed E-state index contributed by atoms with van der Waals surface area (Å²) in [5.41, 5.74) is 0.235. The lowest BCUT2D eigenvalue weighted by Gasteiger charge is -2.33. The number of halogens is 2. The zero-order valence-corrected chi connectivity index (χ0v) is 12.0. The molecular formula is C15H18ClFN2O. The van der Waals surface area contributed by atoms with Crippen molar-refractivity contribution in [3.8, 4) is 0 Å². The van der Waals surface area contributed by atoms with E-state index in [0.717, 1.165) is 38.9 Å². The maximum absolute atomic E-state index is 13.8. The monoisotopic (exact) mass is 296 g/mol. The standard InChI is InChI=1S/C15H18ClFN2O/c16-11-2-1-3-12(17)13(11)14(20)19-9-6-15(10-19)4-7-18-8-5-15/h1-3,18H,4-10H2. The zero-order chi connectivity index (χ0) is 14.2. The highest BCUT2D eigenvalue weighted by molar-refractivity contribution is 6.33. The summed E-state index contributed by atoms with van der Waals surface area (Å²) in [6.07, 6.45) is 3.18. The zero-order valence-electron chi connectivity index (χ0n) is 11.3. The number of nitrogens with one attached hydrogen (secondary N) is 1. The molecule has 1 aromatic carbocycles. The van der Waals surface area contributed by atoms with E-state index in [2.05, 4.69) is 5.32 Å². The predicted octanol–water partition coefficient (Wildman–Crippen LogP) is 2.69. The Kier molecular flexibility index (Phi) is 3.69. The van der Waals surface area contributed by atoms with Gasteiger partial charge >= 0.3 is 0 Å². The minimum atomic E-state index is -0.534. The SMILES string of the molecule is O=C(c1c(F)cccc1Cl)N1CCC2(CCNCC2)C1. The first-order valence-corrected chi connectivity index (χ1v) is 7.43. The van der Waals surface area contributed by atoms with E-state index in [9.17, 15) is 9.18 Å². The van der Waals surface area contributed by atoms with Crippen LogP contribution in [-0.4, -0.2) is 37.0 Å². The quantitative estimate of drug-likeness (QED) is 0.864. The van der Waals surface area contributed by atoms with Gasteiger partial charge in [-0.2, -0.15) is 0 Å². The number of rotatable bonds is 1. The maximum Gasteiger partial charge on any atom is 0.258 e. The summed E-state index contributed by atoms with van der Waals surface area (Å²) in [6.45, 7) is 3.42. The summed E-state index contributed by atoms with van der Waals surface area (Å²) in [5.74, 6) is -0.808. The second-order valence-corrected chi connectivity index (χ2v) is 6.23. The highest BCUT2D eigenvalue weighted by Crippen LogP contribution is 2.39. The maximum atomic E-state index is 13.8. The Hall–Kier alpha value is -1.13. The lowest BCUT2D eigenvalue weighted by Crippen LogP contribution is -2.40. The van der Waals surface area contributed by atoms with Crippen LogP contribution in [0.1, 0.15) is 29.6 Å². The van der Waals surface area contributed by atoms with E-state index in [1.165, 1.54) is 12.1 Å². The molecule has 0 radical (unpaired) electrons. The molecule has 20 heavy (non-hydrogen) atoms. The van der Waals surface area contributed by atoms with Crippen LogP contribution in [-0.2, 0) is 0 Å². The van der Waals surface area contributed by atoms with Crippen molar-refractivity contribution in [1.29, 1.82) is 0 Å². The number of carbonyl (C=O) groups excluding carboxylic acids is 1. The van der Waals surface area contributed by atoms with Crippen molar-refractivity contribution < 1.29 is 9.18 Å². The van der Waals surface area contributed by atoms with Gasteiger partial charge in [0.2, 0.25) is 0 Å². The molecule has 2 heterocycles. The molecule has 2 aliphatic heterocycles. The van der Waals surface area contributed by atoms with Crippen molar-refractivity contribution in [2.75, 3.05) is 26.2 Å². The van der Waals surface area contributed by atoms with Gasteiger partial charge in [0.05, 0.1) is 10.6 Å². The van der Waals surface area contributed by atoms with Crippen LogP contribution in [0.3, 0.4) is 0 Å². The Balaban J connectivity index is 1.79. The van der Waals surface area contributed by atoms with Gasteiger partial charge in [-0.25, -0.2) is 4.39 Å². The first-order valence-electron chi connectivity index (χ1n) is 7.05. The Morgan fingerprint density at radius 3 is 2.75 bits per heavy atom. The number of amides is 1. The van der Waals surface area contributed by atoms with E-state index >= 15 is 0 Å². The molecule has 0 aromatic heterocycles. The fourth-order valence-electron chi connectivity index (χ4n) is 3.33. The first kappa shape index (κ1) is 13.8. The largest absolute Gasteiger partial charge is 0.338 e. The van der Waals surface area contributed by atoms with Gasteiger partial charge in [0.25, 0.3) is 5.91 Å². The van der Waals surface area contributed by atoms with Crippen LogP contribution in [0.15, 0.2) is 18.2 Å².